The molecule has 4 nitrogen and oxygen atoms in total. The lowest BCUT2D eigenvalue weighted by atomic mass is 9.98. The minimum absolute atomic E-state index is 0.673. The number of hydrogen-bond donors (Lipinski definition) is 0. The van der Waals surface area contributed by atoms with E-state index in [9.17, 15) is 0 Å². The normalized spacial score (nSPS) is 12.5. The molecule has 0 amide bonds. The quantitative estimate of drug-likeness (QED) is 0.161. The predicted molar refractivity (Wildman–Crippen MR) is 259 cm³/mol. The van der Waals surface area contributed by atoms with Gasteiger partial charge < -0.3 is 4.57 Å². The fraction of sp³-hybridized carbons (Fsp3) is 0.0351. The molecule has 8 aromatic carbocycles. The molecule has 5 heteroatoms. The van der Waals surface area contributed by atoms with E-state index in [1.54, 1.807) is 0 Å². The lowest BCUT2D eigenvalue weighted by Gasteiger charge is -2.13. The van der Waals surface area contributed by atoms with Crippen molar-refractivity contribution in [3.05, 3.63) is 216 Å². The number of hydrogen-bond acceptors (Lipinski definition) is 4. The Kier molecular flexibility index (Phi) is 8.79. The largest absolute Gasteiger partial charge is 0.309 e. The average molecular weight is 811 g/mol. The predicted octanol–water partition coefficient (Wildman–Crippen LogP) is 13.3. The van der Waals surface area contributed by atoms with E-state index < -0.39 is 0 Å². The van der Waals surface area contributed by atoms with Gasteiger partial charge in [0.15, 0.2) is 17.5 Å². The van der Waals surface area contributed by atoms with Gasteiger partial charge in [-0.2, -0.15) is 0 Å². The maximum atomic E-state index is 5.31. The molecule has 0 saturated heterocycles. The monoisotopic (exact) mass is 810 g/mol. The summed E-state index contributed by atoms with van der Waals surface area (Å²) < 4.78 is 4.96. The summed E-state index contributed by atoms with van der Waals surface area (Å²) in [6.07, 6.45) is 4.16. The van der Waals surface area contributed by atoms with E-state index in [2.05, 4.69) is 187 Å². The summed E-state index contributed by atoms with van der Waals surface area (Å²) in [4.78, 5) is 15.7. The summed E-state index contributed by atoms with van der Waals surface area (Å²) in [6, 6.07) is 71.4. The molecule has 3 aromatic heterocycles. The second-order valence-electron chi connectivity index (χ2n) is 15.9. The second-order valence-corrected chi connectivity index (χ2v) is 17.0. The molecule has 0 N–H and O–H groups in total. The Hall–Kier alpha value is -7.73. The highest BCUT2D eigenvalue weighted by Crippen LogP contribution is 2.37. The molecule has 0 radical (unpaired) electrons. The van der Waals surface area contributed by atoms with Gasteiger partial charge in [-0.05, 0) is 94.8 Å². The lowest BCUT2D eigenvalue weighted by Crippen LogP contribution is -2.26. The summed E-state index contributed by atoms with van der Waals surface area (Å²) >= 11 is 1.85. The molecule has 12 rings (SSSR count). The first-order valence-corrected chi connectivity index (χ1v) is 22.0. The van der Waals surface area contributed by atoms with Crippen LogP contribution in [0.15, 0.2) is 200 Å². The summed E-state index contributed by atoms with van der Waals surface area (Å²) in [5.74, 6) is 2.09. The van der Waals surface area contributed by atoms with Crippen LogP contribution in [0.4, 0.5) is 0 Å². The van der Waals surface area contributed by atoms with E-state index >= 15 is 0 Å². The van der Waals surface area contributed by atoms with Crippen LogP contribution in [0.2, 0.25) is 0 Å². The zero-order chi connectivity index (χ0) is 41.0. The van der Waals surface area contributed by atoms with Crippen molar-refractivity contribution in [1.82, 2.24) is 19.5 Å². The zero-order valence-corrected chi connectivity index (χ0v) is 34.6. The van der Waals surface area contributed by atoms with Gasteiger partial charge in [0.1, 0.15) is 0 Å². The van der Waals surface area contributed by atoms with Crippen molar-refractivity contribution in [2.24, 2.45) is 0 Å². The first kappa shape index (κ1) is 36.1. The fourth-order valence-electron chi connectivity index (χ4n) is 9.16. The van der Waals surface area contributed by atoms with Gasteiger partial charge in [0.05, 0.1) is 11.0 Å². The van der Waals surface area contributed by atoms with Crippen molar-refractivity contribution >= 4 is 54.9 Å². The van der Waals surface area contributed by atoms with Gasteiger partial charge in [-0.3, -0.25) is 0 Å². The van der Waals surface area contributed by atoms with Crippen molar-refractivity contribution in [1.29, 1.82) is 0 Å². The van der Waals surface area contributed by atoms with Crippen LogP contribution < -0.4 is 9.75 Å². The molecule has 0 bridgehead atoms. The van der Waals surface area contributed by atoms with Gasteiger partial charge >= 0.3 is 0 Å². The van der Waals surface area contributed by atoms with Crippen LogP contribution in [0.3, 0.4) is 0 Å². The Bertz CT molecular complexity index is 3630. The van der Waals surface area contributed by atoms with Crippen LogP contribution >= 0.6 is 11.3 Å². The minimum atomic E-state index is 0.673. The van der Waals surface area contributed by atoms with Gasteiger partial charge in [-0.15, -0.1) is 11.3 Å². The molecule has 3 heterocycles. The van der Waals surface area contributed by atoms with Crippen molar-refractivity contribution in [3.63, 3.8) is 0 Å². The van der Waals surface area contributed by atoms with Crippen molar-refractivity contribution in [3.8, 4) is 61.8 Å². The fourth-order valence-corrected chi connectivity index (χ4v) is 10.3. The van der Waals surface area contributed by atoms with Crippen molar-refractivity contribution < 1.29 is 0 Å². The molecular formula is C57H38N4S. The molecule has 0 fully saturated rings. The summed E-state index contributed by atoms with van der Waals surface area (Å²) in [7, 11) is 0. The summed E-state index contributed by atoms with van der Waals surface area (Å²) in [5.41, 5.74) is 13.7. The Balaban J connectivity index is 1.03. The molecule has 1 aliphatic carbocycles. The van der Waals surface area contributed by atoms with E-state index in [0.29, 0.717) is 11.6 Å². The summed E-state index contributed by atoms with van der Waals surface area (Å²) in [6.45, 7) is 0. The molecule has 11 aromatic rings. The second kappa shape index (κ2) is 15.1. The SMILES string of the molecule is C1=c2sc3ccc(-n4c5ccccc5c5cc(-c6cccc(-c7ccccc7)c6)ccc54)cc3c2=C(c2nc(-c3ccccc3)nc(-c3cccc(-c4ccccc4)c3)n2)CC1. The Morgan fingerprint density at radius 1 is 0.387 bits per heavy atom. The molecule has 0 atom stereocenters. The van der Waals surface area contributed by atoms with Gasteiger partial charge in [-0.1, -0.05) is 158 Å². The number of benzene rings is 8. The number of rotatable bonds is 7. The maximum absolute atomic E-state index is 5.31. The zero-order valence-electron chi connectivity index (χ0n) is 33.7. The minimum Gasteiger partial charge on any atom is -0.309 e. The van der Waals surface area contributed by atoms with Crippen LogP contribution in [-0.4, -0.2) is 19.5 Å². The smallest absolute Gasteiger partial charge is 0.164 e. The van der Waals surface area contributed by atoms with Crippen molar-refractivity contribution in [2.45, 2.75) is 12.8 Å². The van der Waals surface area contributed by atoms with E-state index in [-0.39, 0.29) is 0 Å². The van der Waals surface area contributed by atoms with Crippen LogP contribution in [-0.2, 0) is 0 Å². The third-order valence-corrected chi connectivity index (χ3v) is 13.3. The first-order valence-electron chi connectivity index (χ1n) is 21.1. The molecule has 0 unspecified atom stereocenters. The van der Waals surface area contributed by atoms with E-state index in [1.165, 1.54) is 63.9 Å². The van der Waals surface area contributed by atoms with Gasteiger partial charge in [0.25, 0.3) is 0 Å². The van der Waals surface area contributed by atoms with E-state index in [0.717, 1.165) is 52.2 Å². The van der Waals surface area contributed by atoms with E-state index in [4.69, 9.17) is 15.0 Å². The lowest BCUT2D eigenvalue weighted by molar-refractivity contribution is 0.986. The van der Waals surface area contributed by atoms with E-state index in [1.807, 2.05) is 35.6 Å². The van der Waals surface area contributed by atoms with Gasteiger partial charge in [0, 0.05) is 53.0 Å². The molecule has 0 aliphatic heterocycles. The number of fused-ring (bicyclic) bond motifs is 6. The third-order valence-electron chi connectivity index (χ3n) is 12.1. The van der Waals surface area contributed by atoms with Crippen LogP contribution in [0.5, 0.6) is 0 Å². The van der Waals surface area contributed by atoms with Crippen molar-refractivity contribution in [2.75, 3.05) is 0 Å². The average Bonchev–Trinajstić information content (AvgIpc) is 3.90. The standard InChI is InChI=1S/C57H38N4S/c1-4-15-37(16-5-1)40-21-12-23-42(33-40)43-29-31-51-48(35-43)46-25-10-11-27-50(46)61(51)45-30-32-52-49(36-45)54-47(26-14-28-53(54)62-52)57-59-55(39-19-8-3-9-20-39)58-56(60-57)44-24-13-22-41(34-44)38-17-6-2-7-18-38/h1-13,15-25,27-36H,14,26H2. The Morgan fingerprint density at radius 3 is 1.66 bits per heavy atom. The molecule has 62 heavy (non-hydrogen) atoms. The van der Waals surface area contributed by atoms with Crippen LogP contribution in [0.25, 0.3) is 105 Å². The highest BCUT2D eigenvalue weighted by Gasteiger charge is 2.20. The molecule has 0 saturated carbocycles. The first-order chi connectivity index (χ1) is 30.7. The molecular weight excluding hydrogens is 773 g/mol. The molecule has 0 spiro atoms. The van der Waals surface area contributed by atoms with Gasteiger partial charge in [0.2, 0.25) is 0 Å². The third kappa shape index (κ3) is 6.34. The van der Waals surface area contributed by atoms with Crippen LogP contribution in [0, 0.1) is 0 Å². The number of para-hydroxylation sites is 1. The number of aromatic nitrogens is 4. The number of thiophene rings is 1. The molecule has 292 valence electrons. The maximum Gasteiger partial charge on any atom is 0.164 e. The molecule has 1 aliphatic rings. The highest BCUT2D eigenvalue weighted by atomic mass is 32.1. The topological polar surface area (TPSA) is 43.6 Å². The van der Waals surface area contributed by atoms with Gasteiger partial charge in [-0.25, -0.2) is 15.0 Å². The highest BCUT2D eigenvalue weighted by molar-refractivity contribution is 7.17. The summed E-state index contributed by atoms with van der Waals surface area (Å²) in [5, 5.41) is 4.93. The Labute approximate surface area is 363 Å². The number of nitrogens with zero attached hydrogens (tertiary/aromatic N) is 4. The Morgan fingerprint density at radius 2 is 0.935 bits per heavy atom. The van der Waals surface area contributed by atoms with Crippen LogP contribution in [0.1, 0.15) is 18.7 Å².